The van der Waals surface area contributed by atoms with E-state index in [1.807, 2.05) is 18.2 Å². The van der Waals surface area contributed by atoms with Crippen LogP contribution < -0.4 is 5.32 Å². The third-order valence-electron chi connectivity index (χ3n) is 3.40. The van der Waals surface area contributed by atoms with Crippen molar-refractivity contribution in [1.82, 2.24) is 9.47 Å². The van der Waals surface area contributed by atoms with E-state index >= 15 is 0 Å². The van der Waals surface area contributed by atoms with Gasteiger partial charge in [0.05, 0.1) is 0 Å². The Morgan fingerprint density at radius 3 is 2.76 bits per heavy atom. The lowest BCUT2D eigenvalue weighted by Gasteiger charge is -2.18. The molecule has 0 fully saturated rings. The molecule has 4 nitrogen and oxygen atoms in total. The van der Waals surface area contributed by atoms with Gasteiger partial charge in [-0.25, -0.2) is 0 Å². The summed E-state index contributed by atoms with van der Waals surface area (Å²) in [6.45, 7) is 6.43. The Kier molecular flexibility index (Phi) is 5.17. The van der Waals surface area contributed by atoms with Gasteiger partial charge in [-0.05, 0) is 43.8 Å². The minimum atomic E-state index is -0.0405. The van der Waals surface area contributed by atoms with Crippen LogP contribution in [0.25, 0.3) is 0 Å². The van der Waals surface area contributed by atoms with Crippen LogP contribution in [0.15, 0.2) is 42.6 Å². The summed E-state index contributed by atoms with van der Waals surface area (Å²) < 4.78 is 2.25. The van der Waals surface area contributed by atoms with Crippen molar-refractivity contribution in [2.45, 2.75) is 33.5 Å². The molecule has 21 heavy (non-hydrogen) atoms. The quantitative estimate of drug-likeness (QED) is 0.885. The lowest BCUT2D eigenvalue weighted by atomic mass is 10.2. The molecule has 0 saturated carbocycles. The van der Waals surface area contributed by atoms with Crippen molar-refractivity contribution in [3.05, 3.63) is 53.9 Å². The summed E-state index contributed by atoms with van der Waals surface area (Å²) in [6.07, 6.45) is 2.11. The molecule has 1 amide bonds. The van der Waals surface area contributed by atoms with Gasteiger partial charge in [0.2, 0.25) is 5.91 Å². The molecule has 1 N–H and O–H groups in total. The van der Waals surface area contributed by atoms with Gasteiger partial charge < -0.3 is 9.88 Å². The molecule has 1 aromatic carbocycles. The summed E-state index contributed by atoms with van der Waals surface area (Å²) in [6, 6.07) is 12.2. The van der Waals surface area contributed by atoms with Crippen LogP contribution in [0.3, 0.4) is 0 Å². The van der Waals surface area contributed by atoms with Crippen LogP contribution in [-0.2, 0) is 24.4 Å². The average Bonchev–Trinajstić information content (AvgIpc) is 2.85. The van der Waals surface area contributed by atoms with E-state index in [1.165, 1.54) is 18.2 Å². The Bertz CT molecular complexity index is 604. The maximum atomic E-state index is 11.1. The molecule has 2 aromatic rings. The molecule has 0 aliphatic rings. The van der Waals surface area contributed by atoms with Crippen molar-refractivity contribution in [3.63, 3.8) is 0 Å². The Labute approximate surface area is 126 Å². The van der Waals surface area contributed by atoms with E-state index in [0.717, 1.165) is 25.3 Å². The molecule has 1 heterocycles. The second-order valence-corrected chi connectivity index (χ2v) is 5.34. The van der Waals surface area contributed by atoms with Gasteiger partial charge in [-0.2, -0.15) is 0 Å². The van der Waals surface area contributed by atoms with Crippen LogP contribution in [0.4, 0.5) is 5.69 Å². The lowest BCUT2D eigenvalue weighted by Crippen LogP contribution is -2.19. The minimum absolute atomic E-state index is 0.0405. The zero-order valence-electron chi connectivity index (χ0n) is 13.0. The number of carbonyl (C=O) groups excluding carboxylic acids is 1. The van der Waals surface area contributed by atoms with Crippen LogP contribution in [0.1, 0.15) is 25.1 Å². The highest BCUT2D eigenvalue weighted by Crippen LogP contribution is 2.14. The zero-order valence-corrected chi connectivity index (χ0v) is 13.0. The number of benzene rings is 1. The molecule has 0 spiro atoms. The standard InChI is InChI=1S/C17H23N3O/c1-4-20-10-6-9-17(20)13-19(3)12-15-7-5-8-16(11-15)18-14(2)21/h5-11H,4,12-13H2,1-3H3,(H,18,21). The van der Waals surface area contributed by atoms with Gasteiger partial charge in [0.15, 0.2) is 0 Å². The first-order chi connectivity index (χ1) is 10.1. The second-order valence-electron chi connectivity index (χ2n) is 5.34. The van der Waals surface area contributed by atoms with Crippen LogP contribution in [0, 0.1) is 0 Å². The number of nitrogens with zero attached hydrogens (tertiary/aromatic N) is 2. The highest BCUT2D eigenvalue weighted by molar-refractivity contribution is 5.88. The monoisotopic (exact) mass is 285 g/mol. The number of aryl methyl sites for hydroxylation is 1. The normalized spacial score (nSPS) is 10.9. The molecule has 0 radical (unpaired) electrons. The third kappa shape index (κ3) is 4.46. The third-order valence-corrected chi connectivity index (χ3v) is 3.40. The lowest BCUT2D eigenvalue weighted by molar-refractivity contribution is -0.114. The maximum Gasteiger partial charge on any atom is 0.221 e. The number of anilines is 1. The van der Waals surface area contributed by atoms with Gasteiger partial charge in [0.25, 0.3) is 0 Å². The molecule has 0 aliphatic carbocycles. The molecule has 0 saturated heterocycles. The molecular weight excluding hydrogens is 262 g/mol. The SMILES string of the molecule is CCn1cccc1CN(C)Cc1cccc(NC(C)=O)c1. The first kappa shape index (κ1) is 15.3. The number of amides is 1. The van der Waals surface area contributed by atoms with E-state index in [2.05, 4.69) is 53.2 Å². The van der Waals surface area contributed by atoms with Gasteiger partial charge in [-0.15, -0.1) is 0 Å². The highest BCUT2D eigenvalue weighted by atomic mass is 16.1. The average molecular weight is 285 g/mol. The van der Waals surface area contributed by atoms with Crippen molar-refractivity contribution in [3.8, 4) is 0 Å². The fourth-order valence-corrected chi connectivity index (χ4v) is 2.50. The van der Waals surface area contributed by atoms with Crippen LogP contribution >= 0.6 is 0 Å². The Morgan fingerprint density at radius 1 is 1.24 bits per heavy atom. The predicted octanol–water partition coefficient (Wildman–Crippen LogP) is 3.10. The van der Waals surface area contributed by atoms with Gasteiger partial charge in [0.1, 0.15) is 0 Å². The number of aromatic nitrogens is 1. The van der Waals surface area contributed by atoms with Crippen molar-refractivity contribution in [2.24, 2.45) is 0 Å². The van der Waals surface area contributed by atoms with E-state index in [-0.39, 0.29) is 5.91 Å². The van der Waals surface area contributed by atoms with Crippen molar-refractivity contribution in [2.75, 3.05) is 12.4 Å². The maximum absolute atomic E-state index is 11.1. The topological polar surface area (TPSA) is 37.3 Å². The molecule has 0 unspecified atom stereocenters. The molecule has 4 heteroatoms. The van der Waals surface area contributed by atoms with Crippen LogP contribution in [0.2, 0.25) is 0 Å². The highest BCUT2D eigenvalue weighted by Gasteiger charge is 2.06. The number of hydrogen-bond donors (Lipinski definition) is 1. The first-order valence-corrected chi connectivity index (χ1v) is 7.27. The fraction of sp³-hybridized carbons (Fsp3) is 0.353. The second kappa shape index (κ2) is 7.09. The summed E-state index contributed by atoms with van der Waals surface area (Å²) >= 11 is 0. The minimum Gasteiger partial charge on any atom is -0.351 e. The summed E-state index contributed by atoms with van der Waals surface area (Å²) in [7, 11) is 2.11. The largest absolute Gasteiger partial charge is 0.351 e. The molecule has 2 rings (SSSR count). The van der Waals surface area contributed by atoms with E-state index < -0.39 is 0 Å². The van der Waals surface area contributed by atoms with Crippen LogP contribution in [0.5, 0.6) is 0 Å². The van der Waals surface area contributed by atoms with Crippen molar-refractivity contribution in [1.29, 1.82) is 0 Å². The summed E-state index contributed by atoms with van der Waals surface area (Å²) in [5.74, 6) is -0.0405. The van der Waals surface area contributed by atoms with Gasteiger partial charge >= 0.3 is 0 Å². The number of rotatable bonds is 6. The van der Waals surface area contributed by atoms with E-state index in [9.17, 15) is 4.79 Å². The zero-order chi connectivity index (χ0) is 15.2. The van der Waals surface area contributed by atoms with E-state index in [1.54, 1.807) is 0 Å². The van der Waals surface area contributed by atoms with Crippen molar-refractivity contribution < 1.29 is 4.79 Å². The van der Waals surface area contributed by atoms with Gasteiger partial charge in [-0.1, -0.05) is 12.1 Å². The number of carbonyl (C=O) groups is 1. The number of hydrogen-bond acceptors (Lipinski definition) is 2. The smallest absolute Gasteiger partial charge is 0.221 e. The molecule has 0 bridgehead atoms. The Hall–Kier alpha value is -2.07. The van der Waals surface area contributed by atoms with Gasteiger partial charge in [-0.3, -0.25) is 9.69 Å². The van der Waals surface area contributed by atoms with Crippen LogP contribution in [-0.4, -0.2) is 22.4 Å². The molecule has 1 aromatic heterocycles. The summed E-state index contributed by atoms with van der Waals surface area (Å²) in [5.41, 5.74) is 3.36. The molecule has 0 aliphatic heterocycles. The van der Waals surface area contributed by atoms with Crippen molar-refractivity contribution >= 4 is 11.6 Å². The van der Waals surface area contributed by atoms with E-state index in [4.69, 9.17) is 0 Å². The van der Waals surface area contributed by atoms with Gasteiger partial charge in [0, 0.05) is 44.1 Å². The molecule has 0 atom stereocenters. The fourth-order valence-electron chi connectivity index (χ4n) is 2.50. The molecular formula is C17H23N3O. The Balaban J connectivity index is 1.99. The first-order valence-electron chi connectivity index (χ1n) is 7.27. The Morgan fingerprint density at radius 2 is 2.05 bits per heavy atom. The van der Waals surface area contributed by atoms with E-state index in [0.29, 0.717) is 0 Å². The predicted molar refractivity (Wildman–Crippen MR) is 86.0 cm³/mol. The summed E-state index contributed by atoms with van der Waals surface area (Å²) in [5, 5.41) is 2.82. The number of nitrogens with one attached hydrogen (secondary N) is 1. The summed E-state index contributed by atoms with van der Waals surface area (Å²) in [4.78, 5) is 13.4. The molecule has 112 valence electrons.